The van der Waals surface area contributed by atoms with Crippen molar-refractivity contribution in [1.29, 1.82) is 0 Å². The zero-order valence-corrected chi connectivity index (χ0v) is 7.28. The molecular weight excluding hydrogens is 154 g/mol. The molecule has 1 heterocycles. The van der Waals surface area contributed by atoms with E-state index < -0.39 is 6.10 Å². The highest BCUT2D eigenvalue weighted by Gasteiger charge is 2.36. The quantitative estimate of drug-likeness (QED) is 0.690. The summed E-state index contributed by atoms with van der Waals surface area (Å²) in [4.78, 5) is 4.21. The maximum absolute atomic E-state index is 9.16. The third-order valence-electron chi connectivity index (χ3n) is 2.35. The second-order valence-corrected chi connectivity index (χ2v) is 3.57. The number of nitrogens with one attached hydrogen (secondary N) is 1. The minimum absolute atomic E-state index is 0.504. The number of nitrogens with zero attached hydrogens (tertiary/aromatic N) is 2. The molecular formula is C8H13N3O. The number of aliphatic hydroxyl groups is 1. The molecule has 66 valence electrons. The summed E-state index contributed by atoms with van der Waals surface area (Å²) in [5.41, 5.74) is 0. The van der Waals surface area contributed by atoms with E-state index in [-0.39, 0.29) is 0 Å². The molecule has 2 N–H and O–H groups in total. The van der Waals surface area contributed by atoms with Crippen LogP contribution >= 0.6 is 0 Å². The van der Waals surface area contributed by atoms with E-state index in [2.05, 4.69) is 22.1 Å². The molecule has 1 aromatic rings. The summed E-state index contributed by atoms with van der Waals surface area (Å²) in [6.07, 6.45) is 0.623. The Balaban J connectivity index is 2.14. The average molecular weight is 167 g/mol. The van der Waals surface area contributed by atoms with Crippen LogP contribution in [0.15, 0.2) is 0 Å². The fourth-order valence-corrected chi connectivity index (χ4v) is 1.34. The molecule has 0 saturated heterocycles. The van der Waals surface area contributed by atoms with Gasteiger partial charge in [0.2, 0.25) is 0 Å². The summed E-state index contributed by atoms with van der Waals surface area (Å²) in [5.74, 6) is 2.70. The lowest BCUT2D eigenvalue weighted by Gasteiger charge is -1.93. The van der Waals surface area contributed by atoms with E-state index in [4.69, 9.17) is 5.11 Å². The Morgan fingerprint density at radius 2 is 2.33 bits per heavy atom. The Bertz CT molecular complexity index is 282. The maximum Gasteiger partial charge on any atom is 0.178 e. The minimum Gasteiger partial charge on any atom is -0.385 e. The van der Waals surface area contributed by atoms with Gasteiger partial charge >= 0.3 is 0 Å². The number of H-pyrrole nitrogens is 1. The summed E-state index contributed by atoms with van der Waals surface area (Å²) in [6.45, 7) is 3.86. The molecule has 0 aromatic carbocycles. The summed E-state index contributed by atoms with van der Waals surface area (Å²) in [6, 6.07) is 0. The molecule has 12 heavy (non-hydrogen) atoms. The summed E-state index contributed by atoms with van der Waals surface area (Å²) in [7, 11) is 0. The monoisotopic (exact) mass is 167 g/mol. The molecule has 0 bridgehead atoms. The Kier molecular flexibility index (Phi) is 1.65. The molecule has 0 radical (unpaired) electrons. The van der Waals surface area contributed by atoms with Crippen LogP contribution < -0.4 is 0 Å². The second kappa shape index (κ2) is 2.55. The lowest BCUT2D eigenvalue weighted by Crippen LogP contribution is -1.93. The number of hydrogen-bond donors (Lipinski definition) is 2. The van der Waals surface area contributed by atoms with Crippen LogP contribution in [-0.4, -0.2) is 20.3 Å². The third kappa shape index (κ3) is 1.22. The Hall–Kier alpha value is -0.900. The molecule has 1 aromatic heterocycles. The van der Waals surface area contributed by atoms with E-state index >= 15 is 0 Å². The fraction of sp³-hybridized carbons (Fsp3) is 0.750. The highest BCUT2D eigenvalue weighted by atomic mass is 16.3. The summed E-state index contributed by atoms with van der Waals surface area (Å²) in [5, 5.41) is 15.9. The smallest absolute Gasteiger partial charge is 0.178 e. The first-order valence-corrected chi connectivity index (χ1v) is 4.28. The van der Waals surface area contributed by atoms with E-state index in [1.54, 1.807) is 6.92 Å². The average Bonchev–Trinajstić information content (AvgIpc) is 2.59. The molecule has 4 heteroatoms. The highest BCUT2D eigenvalue weighted by Crippen LogP contribution is 2.45. The largest absolute Gasteiger partial charge is 0.385 e. The van der Waals surface area contributed by atoms with Crippen molar-refractivity contribution in [2.24, 2.45) is 5.92 Å². The Labute approximate surface area is 71.0 Å². The molecule has 0 spiro atoms. The van der Waals surface area contributed by atoms with E-state index in [0.29, 0.717) is 11.7 Å². The van der Waals surface area contributed by atoms with Crippen LogP contribution in [-0.2, 0) is 0 Å². The lowest BCUT2D eigenvalue weighted by atomic mass is 10.3. The standard InChI is InChI=1S/C8H13N3O/c1-4-3-6(4)8-9-7(5(2)12)10-11-8/h4-6,12H,3H2,1-2H3,(H,9,10,11). The van der Waals surface area contributed by atoms with Gasteiger partial charge in [0.15, 0.2) is 5.82 Å². The molecule has 1 saturated carbocycles. The van der Waals surface area contributed by atoms with Gasteiger partial charge in [0.05, 0.1) is 0 Å². The highest BCUT2D eigenvalue weighted by molar-refractivity contribution is 5.09. The topological polar surface area (TPSA) is 61.8 Å². The number of rotatable bonds is 2. The first kappa shape index (κ1) is 7.73. The van der Waals surface area contributed by atoms with Gasteiger partial charge < -0.3 is 5.11 Å². The number of aliphatic hydroxyl groups excluding tert-OH is 1. The van der Waals surface area contributed by atoms with Crippen LogP contribution in [0.3, 0.4) is 0 Å². The second-order valence-electron chi connectivity index (χ2n) is 3.57. The summed E-state index contributed by atoms with van der Waals surface area (Å²) < 4.78 is 0. The number of aromatic nitrogens is 3. The van der Waals surface area contributed by atoms with Gasteiger partial charge in [-0.2, -0.15) is 5.10 Å². The van der Waals surface area contributed by atoms with Crippen LogP contribution in [0.25, 0.3) is 0 Å². The van der Waals surface area contributed by atoms with Crippen LogP contribution in [0.1, 0.15) is 43.9 Å². The zero-order chi connectivity index (χ0) is 8.72. The van der Waals surface area contributed by atoms with E-state index in [9.17, 15) is 0 Å². The lowest BCUT2D eigenvalue weighted by molar-refractivity contribution is 0.189. The van der Waals surface area contributed by atoms with Crippen molar-refractivity contribution in [1.82, 2.24) is 15.2 Å². The molecule has 1 aliphatic rings. The van der Waals surface area contributed by atoms with Crippen molar-refractivity contribution in [3.8, 4) is 0 Å². The Morgan fingerprint density at radius 3 is 2.75 bits per heavy atom. The predicted octanol–water partition coefficient (Wildman–Crippen LogP) is 0.981. The van der Waals surface area contributed by atoms with Crippen molar-refractivity contribution in [3.63, 3.8) is 0 Å². The van der Waals surface area contributed by atoms with Crippen molar-refractivity contribution in [2.45, 2.75) is 32.3 Å². The van der Waals surface area contributed by atoms with E-state index in [1.807, 2.05) is 0 Å². The van der Waals surface area contributed by atoms with Gasteiger partial charge in [0, 0.05) is 5.92 Å². The maximum atomic E-state index is 9.16. The number of hydrogen-bond acceptors (Lipinski definition) is 3. The van der Waals surface area contributed by atoms with Crippen molar-refractivity contribution in [2.75, 3.05) is 0 Å². The van der Waals surface area contributed by atoms with Gasteiger partial charge in [-0.1, -0.05) is 6.92 Å². The summed E-state index contributed by atoms with van der Waals surface area (Å²) >= 11 is 0. The molecule has 3 atom stereocenters. The fourth-order valence-electron chi connectivity index (χ4n) is 1.34. The molecule has 4 nitrogen and oxygen atoms in total. The van der Waals surface area contributed by atoms with Gasteiger partial charge in [-0.25, -0.2) is 4.98 Å². The molecule has 0 aliphatic heterocycles. The third-order valence-corrected chi connectivity index (χ3v) is 2.35. The molecule has 0 amide bonds. The molecule has 1 fully saturated rings. The van der Waals surface area contributed by atoms with E-state index in [0.717, 1.165) is 11.7 Å². The Morgan fingerprint density at radius 1 is 1.67 bits per heavy atom. The van der Waals surface area contributed by atoms with Crippen molar-refractivity contribution < 1.29 is 5.11 Å². The van der Waals surface area contributed by atoms with Crippen molar-refractivity contribution >= 4 is 0 Å². The van der Waals surface area contributed by atoms with E-state index in [1.165, 1.54) is 6.42 Å². The molecule has 1 aliphatic carbocycles. The molecule has 2 rings (SSSR count). The normalized spacial score (nSPS) is 30.2. The van der Waals surface area contributed by atoms with Gasteiger partial charge in [-0.3, -0.25) is 5.10 Å². The molecule has 3 unspecified atom stereocenters. The minimum atomic E-state index is -0.566. The van der Waals surface area contributed by atoms with Crippen molar-refractivity contribution in [3.05, 3.63) is 11.6 Å². The van der Waals surface area contributed by atoms with Crippen LogP contribution in [0.5, 0.6) is 0 Å². The number of aromatic amines is 1. The predicted molar refractivity (Wildman–Crippen MR) is 43.5 cm³/mol. The van der Waals surface area contributed by atoms with Gasteiger partial charge in [-0.05, 0) is 19.3 Å². The first-order valence-electron chi connectivity index (χ1n) is 4.28. The first-order chi connectivity index (χ1) is 5.68. The van der Waals surface area contributed by atoms with Gasteiger partial charge in [0.25, 0.3) is 0 Å². The van der Waals surface area contributed by atoms with Gasteiger partial charge in [-0.15, -0.1) is 0 Å². The van der Waals surface area contributed by atoms with Crippen LogP contribution in [0.2, 0.25) is 0 Å². The van der Waals surface area contributed by atoms with Crippen LogP contribution in [0.4, 0.5) is 0 Å². The van der Waals surface area contributed by atoms with Crippen LogP contribution in [0, 0.1) is 5.92 Å². The van der Waals surface area contributed by atoms with Gasteiger partial charge in [0.1, 0.15) is 11.9 Å². The zero-order valence-electron chi connectivity index (χ0n) is 7.28. The SMILES string of the molecule is CC(O)c1n[nH]c(C2CC2C)n1.